The number of aromatic nitrogens is 1. The molecule has 4 aliphatic rings. The molecule has 11 nitrogen and oxygen atoms in total. The summed E-state index contributed by atoms with van der Waals surface area (Å²) in [4.78, 5) is 22.2. The van der Waals surface area contributed by atoms with Crippen LogP contribution in [-0.4, -0.2) is 103 Å². The van der Waals surface area contributed by atoms with E-state index in [4.69, 9.17) is 5.73 Å². The van der Waals surface area contributed by atoms with Gasteiger partial charge in [-0.05, 0) is 37.7 Å². The van der Waals surface area contributed by atoms with Gasteiger partial charge in [0.25, 0.3) is 0 Å². The van der Waals surface area contributed by atoms with Gasteiger partial charge in [-0.1, -0.05) is 32.1 Å². The third-order valence-corrected chi connectivity index (χ3v) is 11.8. The van der Waals surface area contributed by atoms with Crippen molar-refractivity contribution in [3.8, 4) is 0 Å². The fourth-order valence-corrected chi connectivity index (χ4v) is 8.88. The van der Waals surface area contributed by atoms with Gasteiger partial charge in [0.15, 0.2) is 0 Å². The van der Waals surface area contributed by atoms with E-state index in [1.165, 1.54) is 10.5 Å². The monoisotopic (exact) mass is 668 g/mol. The fraction of sp³-hybridized carbons (Fsp3) is 0.710. The van der Waals surface area contributed by atoms with Gasteiger partial charge in [0.1, 0.15) is 0 Å². The number of sulfonamides is 1. The van der Waals surface area contributed by atoms with Crippen molar-refractivity contribution in [2.75, 3.05) is 56.5 Å². The lowest BCUT2D eigenvalue weighted by atomic mass is 9.74. The van der Waals surface area contributed by atoms with Gasteiger partial charge in [-0.25, -0.2) is 13.4 Å². The van der Waals surface area contributed by atoms with Gasteiger partial charge >= 0.3 is 6.18 Å². The highest BCUT2D eigenvalue weighted by atomic mass is 32.2. The number of primary amides is 1. The average molecular weight is 669 g/mol. The molecule has 4 atom stereocenters. The van der Waals surface area contributed by atoms with Crippen molar-refractivity contribution >= 4 is 27.8 Å². The summed E-state index contributed by atoms with van der Waals surface area (Å²) in [7, 11) is -3.45. The second kappa shape index (κ2) is 15.4. The topological polar surface area (TPSA) is 127 Å². The van der Waals surface area contributed by atoms with Crippen LogP contribution in [0.4, 0.5) is 18.9 Å². The van der Waals surface area contributed by atoms with E-state index in [1.54, 1.807) is 11.1 Å². The first-order valence-corrected chi connectivity index (χ1v) is 18.2. The number of rotatable bonds is 12. The highest BCUT2D eigenvalue weighted by Gasteiger charge is 2.40. The SMILES string of the molecule is NC(=O)C1CCCCC1C1C=NC=CN1N1CCNCC1CCCCCCS(=O)(=O)N1CCN(c2cncc(C(F)(F)F)c2)CC1. The van der Waals surface area contributed by atoms with E-state index in [9.17, 15) is 26.4 Å². The highest BCUT2D eigenvalue weighted by molar-refractivity contribution is 7.89. The maximum absolute atomic E-state index is 13.1. The van der Waals surface area contributed by atoms with Gasteiger partial charge in [0, 0.05) is 82.6 Å². The Labute approximate surface area is 270 Å². The largest absolute Gasteiger partial charge is 0.417 e. The number of nitrogens with one attached hydrogen (secondary N) is 1. The van der Waals surface area contributed by atoms with E-state index < -0.39 is 21.8 Å². The van der Waals surface area contributed by atoms with Crippen molar-refractivity contribution in [3.63, 3.8) is 0 Å². The molecule has 1 aromatic heterocycles. The number of hydrazine groups is 1. The third-order valence-electron chi connectivity index (χ3n) is 9.83. The molecule has 4 heterocycles. The maximum atomic E-state index is 13.1. The average Bonchev–Trinajstić information content (AvgIpc) is 3.06. The van der Waals surface area contributed by atoms with Crippen LogP contribution >= 0.6 is 0 Å². The minimum atomic E-state index is -4.48. The number of aliphatic imine (C=N–C) groups is 1. The van der Waals surface area contributed by atoms with Gasteiger partial charge in [-0.3, -0.25) is 14.8 Å². The van der Waals surface area contributed by atoms with Gasteiger partial charge in [0.2, 0.25) is 15.9 Å². The second-order valence-corrected chi connectivity index (χ2v) is 14.9. The fourth-order valence-electron chi connectivity index (χ4n) is 7.33. The summed E-state index contributed by atoms with van der Waals surface area (Å²) >= 11 is 0. The number of nitrogens with zero attached hydrogens (tertiary/aromatic N) is 6. The Kier molecular flexibility index (Phi) is 11.6. The Hall–Kier alpha value is -2.75. The van der Waals surface area contributed by atoms with Crippen LogP contribution in [0.5, 0.6) is 0 Å². The number of hydrogen-bond acceptors (Lipinski definition) is 9. The van der Waals surface area contributed by atoms with Crippen LogP contribution in [0.2, 0.25) is 0 Å². The molecule has 256 valence electrons. The minimum absolute atomic E-state index is 0.00260. The first kappa shape index (κ1) is 34.6. The molecule has 2 saturated heterocycles. The number of unbranched alkanes of at least 4 members (excludes halogenated alkanes) is 3. The zero-order chi connectivity index (χ0) is 32.7. The number of anilines is 1. The van der Waals surface area contributed by atoms with E-state index in [0.717, 1.165) is 83.3 Å². The lowest BCUT2D eigenvalue weighted by Crippen LogP contribution is -2.62. The molecule has 0 aromatic carbocycles. The number of alkyl halides is 3. The summed E-state index contributed by atoms with van der Waals surface area (Å²) in [6.45, 7) is 3.69. The number of carbonyl (C=O) groups excluding carboxylic acids is 1. The van der Waals surface area contributed by atoms with E-state index in [2.05, 4.69) is 25.3 Å². The normalized spacial score (nSPS) is 26.8. The third kappa shape index (κ3) is 8.58. The molecule has 0 bridgehead atoms. The van der Waals surface area contributed by atoms with Crippen molar-refractivity contribution in [2.24, 2.45) is 22.6 Å². The highest BCUT2D eigenvalue weighted by Crippen LogP contribution is 2.36. The quantitative estimate of drug-likeness (QED) is 0.326. The number of carbonyl (C=O) groups is 1. The molecule has 1 aliphatic carbocycles. The molecule has 3 N–H and O–H groups in total. The summed E-state index contributed by atoms with van der Waals surface area (Å²) in [5.74, 6) is -0.162. The number of piperazine rings is 2. The summed E-state index contributed by atoms with van der Waals surface area (Å²) < 4.78 is 66.7. The predicted octanol–water partition coefficient (Wildman–Crippen LogP) is 3.21. The Bertz CT molecular complexity index is 1340. The number of hydrogen-bond donors (Lipinski definition) is 2. The first-order valence-electron chi connectivity index (χ1n) is 16.5. The maximum Gasteiger partial charge on any atom is 0.417 e. The molecule has 1 amide bonds. The molecule has 0 spiro atoms. The molecule has 5 rings (SSSR count). The molecular formula is C31H47F3N8O3S. The van der Waals surface area contributed by atoms with Crippen LogP contribution < -0.4 is 16.0 Å². The van der Waals surface area contributed by atoms with Crippen LogP contribution in [-0.2, 0) is 21.0 Å². The molecule has 46 heavy (non-hydrogen) atoms. The van der Waals surface area contributed by atoms with Gasteiger partial charge < -0.3 is 21.0 Å². The minimum Gasteiger partial charge on any atom is -0.369 e. The number of halogens is 3. The molecule has 3 aliphatic heterocycles. The Morgan fingerprint density at radius 2 is 1.78 bits per heavy atom. The smallest absolute Gasteiger partial charge is 0.369 e. The lowest BCUT2D eigenvalue weighted by Gasteiger charge is -2.49. The molecule has 4 unspecified atom stereocenters. The van der Waals surface area contributed by atoms with Gasteiger partial charge in [0.05, 0.1) is 29.2 Å². The van der Waals surface area contributed by atoms with Crippen molar-refractivity contribution in [3.05, 3.63) is 36.4 Å². The summed E-state index contributed by atoms with van der Waals surface area (Å²) in [6, 6.07) is 1.33. The van der Waals surface area contributed by atoms with Crippen molar-refractivity contribution < 1.29 is 26.4 Å². The molecule has 1 saturated carbocycles. The van der Waals surface area contributed by atoms with Gasteiger partial charge in [-0.15, -0.1) is 0 Å². The Balaban J connectivity index is 1.06. The van der Waals surface area contributed by atoms with Crippen molar-refractivity contribution in [1.29, 1.82) is 0 Å². The summed E-state index contributed by atoms with van der Waals surface area (Å²) in [6.07, 6.45) is 11.6. The van der Waals surface area contributed by atoms with Crippen molar-refractivity contribution in [1.82, 2.24) is 24.6 Å². The zero-order valence-electron chi connectivity index (χ0n) is 26.3. The number of nitrogens with two attached hydrogens (primary N) is 1. The molecule has 3 fully saturated rings. The van der Waals surface area contributed by atoms with Crippen LogP contribution in [0.15, 0.2) is 35.9 Å². The van der Waals surface area contributed by atoms with E-state index >= 15 is 0 Å². The standard InChI is InChI=1S/C31H47F3N8O3S/c32-31(33,34)24-19-26(22-38-20-24)39-14-16-40(17-15-39)46(44,45)18-6-2-1-3-7-25-21-36-10-12-41(25)42-13-11-37-23-29(42)27-8-4-5-9-28(27)30(35)43/h11,13,19-20,22-23,25,27-29,36H,1-10,12,14-18,21H2,(H2,35,43). The van der Waals surface area contributed by atoms with Gasteiger partial charge in [-0.2, -0.15) is 17.5 Å². The lowest BCUT2D eigenvalue weighted by molar-refractivity contribution is -0.137. The van der Waals surface area contributed by atoms with E-state index in [0.29, 0.717) is 25.2 Å². The molecular weight excluding hydrogens is 621 g/mol. The Morgan fingerprint density at radius 1 is 1.02 bits per heavy atom. The van der Waals surface area contributed by atoms with E-state index in [-0.39, 0.29) is 48.7 Å². The number of amides is 1. The predicted molar refractivity (Wildman–Crippen MR) is 171 cm³/mol. The van der Waals surface area contributed by atoms with Crippen molar-refractivity contribution in [2.45, 2.75) is 76.0 Å². The first-order chi connectivity index (χ1) is 22.0. The van der Waals surface area contributed by atoms with Crippen LogP contribution in [0.25, 0.3) is 0 Å². The van der Waals surface area contributed by atoms with Crippen LogP contribution in [0, 0.1) is 11.8 Å². The second-order valence-electron chi connectivity index (χ2n) is 12.8. The summed E-state index contributed by atoms with van der Waals surface area (Å²) in [5, 5.41) is 8.20. The molecule has 0 radical (unpaired) electrons. The Morgan fingerprint density at radius 3 is 2.54 bits per heavy atom. The van der Waals surface area contributed by atoms with Crippen LogP contribution in [0.1, 0.15) is 63.4 Å². The molecule has 1 aromatic rings. The number of pyridine rings is 1. The van der Waals surface area contributed by atoms with E-state index in [1.807, 2.05) is 12.4 Å². The zero-order valence-corrected chi connectivity index (χ0v) is 27.1. The van der Waals surface area contributed by atoms with Crippen LogP contribution in [0.3, 0.4) is 0 Å². The molecule has 15 heteroatoms. The summed E-state index contributed by atoms with van der Waals surface area (Å²) in [5.41, 5.74) is 5.35.